The monoisotopic (exact) mass is 390 g/mol. The first-order valence-electron chi connectivity index (χ1n) is 10.3. The number of benzene rings is 3. The van der Waals surface area contributed by atoms with Crippen LogP contribution in [0.2, 0.25) is 0 Å². The average molecular weight is 390 g/mol. The molecule has 3 aromatic carbocycles. The molecule has 6 rings (SSSR count). The molecular formula is C26H22N4. The second-order valence-corrected chi connectivity index (χ2v) is 8.28. The molecule has 3 heterocycles. The molecule has 1 atom stereocenters. The summed E-state index contributed by atoms with van der Waals surface area (Å²) in [6.07, 6.45) is 5.48. The Morgan fingerprint density at radius 1 is 0.933 bits per heavy atom. The van der Waals surface area contributed by atoms with Crippen molar-refractivity contribution in [3.63, 3.8) is 0 Å². The van der Waals surface area contributed by atoms with Crippen LogP contribution in [-0.4, -0.2) is 33.4 Å². The lowest BCUT2D eigenvalue weighted by molar-refractivity contribution is 0.295. The van der Waals surface area contributed by atoms with Crippen LogP contribution in [0.1, 0.15) is 22.6 Å². The third-order valence-electron chi connectivity index (χ3n) is 6.27. The second kappa shape index (κ2) is 6.78. The zero-order valence-electron chi connectivity index (χ0n) is 16.8. The minimum absolute atomic E-state index is 0.386. The van der Waals surface area contributed by atoms with Crippen molar-refractivity contribution in [2.24, 2.45) is 0 Å². The Labute approximate surface area is 175 Å². The zero-order valence-corrected chi connectivity index (χ0v) is 16.8. The summed E-state index contributed by atoms with van der Waals surface area (Å²) in [7, 11) is 2.21. The zero-order chi connectivity index (χ0) is 20.1. The van der Waals surface area contributed by atoms with Crippen molar-refractivity contribution in [3.8, 4) is 11.1 Å². The molecule has 146 valence electrons. The lowest BCUT2D eigenvalue weighted by atomic mass is 9.83. The lowest BCUT2D eigenvalue weighted by Gasteiger charge is -2.33. The number of nitrogens with one attached hydrogen (secondary N) is 1. The van der Waals surface area contributed by atoms with Crippen molar-refractivity contribution in [1.82, 2.24) is 19.9 Å². The highest BCUT2D eigenvalue weighted by Gasteiger charge is 2.25. The van der Waals surface area contributed by atoms with Crippen LogP contribution in [0.3, 0.4) is 0 Å². The van der Waals surface area contributed by atoms with Gasteiger partial charge in [-0.15, -0.1) is 0 Å². The average Bonchev–Trinajstić information content (AvgIpc) is 3.25. The van der Waals surface area contributed by atoms with E-state index in [0.717, 1.165) is 24.0 Å². The smallest absolute Gasteiger partial charge is 0.116 e. The SMILES string of the molecule is CN1Cc2cc(-c3ccc4cncnc4c3)ccc2C(c2ccc3[nH]ccc3c2)C1. The molecule has 4 heteroatoms. The lowest BCUT2D eigenvalue weighted by Crippen LogP contribution is -2.31. The Balaban J connectivity index is 1.43. The Bertz CT molecular complexity index is 1380. The van der Waals surface area contributed by atoms with Gasteiger partial charge in [0.15, 0.2) is 0 Å². The van der Waals surface area contributed by atoms with Crippen molar-refractivity contribution in [2.45, 2.75) is 12.5 Å². The van der Waals surface area contributed by atoms with Gasteiger partial charge in [0, 0.05) is 42.3 Å². The highest BCUT2D eigenvalue weighted by molar-refractivity contribution is 5.84. The summed E-state index contributed by atoms with van der Waals surface area (Å²) in [5.74, 6) is 0.386. The number of hydrogen-bond donors (Lipinski definition) is 1. The van der Waals surface area contributed by atoms with Gasteiger partial charge in [0.25, 0.3) is 0 Å². The Morgan fingerprint density at radius 3 is 2.80 bits per heavy atom. The van der Waals surface area contributed by atoms with E-state index in [9.17, 15) is 0 Å². The van der Waals surface area contributed by atoms with E-state index in [0.29, 0.717) is 5.92 Å². The van der Waals surface area contributed by atoms with E-state index in [1.807, 2.05) is 12.4 Å². The summed E-state index contributed by atoms with van der Waals surface area (Å²) < 4.78 is 0. The quantitative estimate of drug-likeness (QED) is 0.442. The van der Waals surface area contributed by atoms with Crippen LogP contribution in [0, 0.1) is 0 Å². The third-order valence-corrected chi connectivity index (χ3v) is 6.27. The van der Waals surface area contributed by atoms with Crippen LogP contribution in [-0.2, 0) is 6.54 Å². The maximum absolute atomic E-state index is 4.42. The molecule has 0 radical (unpaired) electrons. The molecule has 0 saturated carbocycles. The first kappa shape index (κ1) is 17.4. The van der Waals surface area contributed by atoms with E-state index in [2.05, 4.69) is 87.6 Å². The molecule has 0 saturated heterocycles. The molecule has 0 fully saturated rings. The predicted molar refractivity (Wildman–Crippen MR) is 121 cm³/mol. The van der Waals surface area contributed by atoms with Crippen molar-refractivity contribution in [3.05, 3.63) is 96.1 Å². The van der Waals surface area contributed by atoms with Gasteiger partial charge in [-0.05, 0) is 70.6 Å². The number of rotatable bonds is 2. The predicted octanol–water partition coefficient (Wildman–Crippen LogP) is 5.36. The Hall–Kier alpha value is -3.50. The summed E-state index contributed by atoms with van der Waals surface area (Å²) in [5.41, 5.74) is 8.84. The first-order chi connectivity index (χ1) is 14.7. The minimum atomic E-state index is 0.386. The van der Waals surface area contributed by atoms with Gasteiger partial charge in [0.1, 0.15) is 6.33 Å². The molecule has 4 nitrogen and oxygen atoms in total. The fraction of sp³-hybridized carbons (Fsp3) is 0.154. The van der Waals surface area contributed by atoms with E-state index in [-0.39, 0.29) is 0 Å². The van der Waals surface area contributed by atoms with Gasteiger partial charge in [-0.3, -0.25) is 0 Å². The molecule has 1 aliphatic heterocycles. The van der Waals surface area contributed by atoms with Gasteiger partial charge in [0.05, 0.1) is 5.52 Å². The van der Waals surface area contributed by atoms with E-state index in [1.54, 1.807) is 6.33 Å². The summed E-state index contributed by atoms with van der Waals surface area (Å²) in [6.45, 7) is 2.01. The van der Waals surface area contributed by atoms with Crippen LogP contribution in [0.15, 0.2) is 79.4 Å². The van der Waals surface area contributed by atoms with Gasteiger partial charge in [-0.2, -0.15) is 0 Å². The minimum Gasteiger partial charge on any atom is -0.361 e. The molecule has 5 aromatic rings. The number of likely N-dealkylation sites (N-methyl/N-ethyl adjacent to an activating group) is 1. The van der Waals surface area contributed by atoms with Gasteiger partial charge in [0.2, 0.25) is 0 Å². The summed E-state index contributed by atoms with van der Waals surface area (Å²) in [5, 5.41) is 2.34. The van der Waals surface area contributed by atoms with E-state index in [4.69, 9.17) is 0 Å². The molecule has 1 aliphatic rings. The maximum Gasteiger partial charge on any atom is 0.116 e. The fourth-order valence-electron chi connectivity index (χ4n) is 4.75. The largest absolute Gasteiger partial charge is 0.361 e. The highest BCUT2D eigenvalue weighted by atomic mass is 15.1. The van der Waals surface area contributed by atoms with Gasteiger partial charge in [-0.25, -0.2) is 9.97 Å². The number of fused-ring (bicyclic) bond motifs is 3. The summed E-state index contributed by atoms with van der Waals surface area (Å²) >= 11 is 0. The van der Waals surface area contributed by atoms with Crippen LogP contribution in [0.5, 0.6) is 0 Å². The number of hydrogen-bond acceptors (Lipinski definition) is 3. The molecule has 0 aliphatic carbocycles. The molecule has 0 spiro atoms. The normalized spacial score (nSPS) is 16.8. The topological polar surface area (TPSA) is 44.8 Å². The van der Waals surface area contributed by atoms with Crippen molar-refractivity contribution in [1.29, 1.82) is 0 Å². The number of nitrogens with zero attached hydrogens (tertiary/aromatic N) is 3. The highest BCUT2D eigenvalue weighted by Crippen LogP contribution is 2.36. The Morgan fingerprint density at radius 2 is 1.83 bits per heavy atom. The summed E-state index contributed by atoms with van der Waals surface area (Å²) in [4.78, 5) is 14.3. The van der Waals surface area contributed by atoms with Crippen molar-refractivity contribution in [2.75, 3.05) is 13.6 Å². The second-order valence-electron chi connectivity index (χ2n) is 8.28. The van der Waals surface area contributed by atoms with Crippen LogP contribution < -0.4 is 0 Å². The Kier molecular flexibility index (Phi) is 3.93. The fourth-order valence-corrected chi connectivity index (χ4v) is 4.75. The number of H-pyrrole nitrogens is 1. The molecule has 30 heavy (non-hydrogen) atoms. The molecule has 2 aromatic heterocycles. The molecule has 0 bridgehead atoms. The van der Waals surface area contributed by atoms with Crippen LogP contribution in [0.4, 0.5) is 0 Å². The number of aromatic nitrogens is 3. The first-order valence-corrected chi connectivity index (χ1v) is 10.3. The van der Waals surface area contributed by atoms with E-state index in [1.165, 1.54) is 38.7 Å². The molecule has 0 amide bonds. The van der Waals surface area contributed by atoms with E-state index >= 15 is 0 Å². The van der Waals surface area contributed by atoms with Gasteiger partial charge < -0.3 is 9.88 Å². The standard InChI is InChI=1S/C26H22N4/c1-30-14-22-10-17(18-2-3-21-13-27-16-29-26(21)12-18)4-6-23(22)24(15-30)19-5-7-25-20(11-19)8-9-28-25/h2-13,16,24,28H,14-15H2,1H3. The van der Waals surface area contributed by atoms with Crippen molar-refractivity contribution >= 4 is 21.8 Å². The summed E-state index contributed by atoms with van der Waals surface area (Å²) in [6, 6.07) is 22.3. The molecule has 1 unspecified atom stereocenters. The van der Waals surface area contributed by atoms with Gasteiger partial charge in [-0.1, -0.05) is 30.3 Å². The van der Waals surface area contributed by atoms with E-state index < -0.39 is 0 Å². The van der Waals surface area contributed by atoms with Crippen LogP contribution >= 0.6 is 0 Å². The van der Waals surface area contributed by atoms with Gasteiger partial charge >= 0.3 is 0 Å². The molecule has 1 N–H and O–H groups in total. The maximum atomic E-state index is 4.42. The molecular weight excluding hydrogens is 368 g/mol. The van der Waals surface area contributed by atoms with Crippen LogP contribution in [0.25, 0.3) is 32.9 Å². The third kappa shape index (κ3) is 2.88. The number of aromatic amines is 1. The van der Waals surface area contributed by atoms with Crippen molar-refractivity contribution < 1.29 is 0 Å².